The Bertz CT molecular complexity index is 935. The van der Waals surface area contributed by atoms with Crippen LogP contribution < -0.4 is 19.6 Å². The van der Waals surface area contributed by atoms with E-state index in [0.717, 1.165) is 52.4 Å². The highest BCUT2D eigenvalue weighted by molar-refractivity contribution is 5.59. The molecule has 2 aromatic rings. The lowest BCUT2D eigenvalue weighted by molar-refractivity contribution is 0.122. The van der Waals surface area contributed by atoms with Crippen molar-refractivity contribution in [2.75, 3.05) is 105 Å². The summed E-state index contributed by atoms with van der Waals surface area (Å²) in [6.07, 6.45) is 0. The number of benzene rings is 1. The number of morpholine rings is 1. The van der Waals surface area contributed by atoms with E-state index in [1.54, 1.807) is 0 Å². The minimum absolute atomic E-state index is 0.307. The number of halogens is 1. The molecule has 178 valence electrons. The van der Waals surface area contributed by atoms with Gasteiger partial charge in [-0.2, -0.15) is 14.4 Å². The largest absolute Gasteiger partial charge is 0.378 e. The van der Waals surface area contributed by atoms with Crippen molar-refractivity contribution in [2.45, 2.75) is 6.92 Å². The molecular weight excluding hydrogens is 421 g/mol. The maximum atomic E-state index is 15.8. The Morgan fingerprint density at radius 2 is 1.21 bits per heavy atom. The van der Waals surface area contributed by atoms with Gasteiger partial charge in [0.05, 0.1) is 13.2 Å². The molecule has 3 aliphatic heterocycles. The molecule has 0 N–H and O–H groups in total. The van der Waals surface area contributed by atoms with Gasteiger partial charge < -0.3 is 29.2 Å². The Hall–Kier alpha value is -2.65. The fourth-order valence-electron chi connectivity index (χ4n) is 4.69. The first-order chi connectivity index (χ1) is 16.1. The van der Waals surface area contributed by atoms with Crippen LogP contribution in [0.4, 0.5) is 27.7 Å². The van der Waals surface area contributed by atoms with E-state index >= 15 is 4.39 Å². The van der Waals surface area contributed by atoms with Crippen molar-refractivity contribution in [3.05, 3.63) is 35.6 Å². The van der Waals surface area contributed by atoms with Gasteiger partial charge in [0.2, 0.25) is 11.8 Å². The zero-order valence-electron chi connectivity index (χ0n) is 19.7. The number of nitrogens with zero attached hydrogens (tertiary/aromatic N) is 7. The van der Waals surface area contributed by atoms with Crippen LogP contribution in [0.25, 0.3) is 0 Å². The second kappa shape index (κ2) is 9.69. The van der Waals surface area contributed by atoms with Gasteiger partial charge in [-0.25, -0.2) is 0 Å². The number of hydrogen-bond acceptors (Lipinski definition) is 8. The van der Waals surface area contributed by atoms with E-state index in [-0.39, 0.29) is 5.82 Å². The van der Waals surface area contributed by atoms with E-state index in [2.05, 4.69) is 57.8 Å². The molecule has 1 aromatic carbocycles. The maximum absolute atomic E-state index is 15.8. The Morgan fingerprint density at radius 1 is 0.697 bits per heavy atom. The summed E-state index contributed by atoms with van der Waals surface area (Å²) in [4.78, 5) is 20.5. The number of ether oxygens (including phenoxy) is 1. The van der Waals surface area contributed by atoms with Gasteiger partial charge in [-0.1, -0.05) is 17.7 Å². The van der Waals surface area contributed by atoms with Crippen molar-refractivity contribution in [2.24, 2.45) is 0 Å². The van der Waals surface area contributed by atoms with E-state index < -0.39 is 0 Å². The van der Waals surface area contributed by atoms with Gasteiger partial charge in [-0.15, -0.1) is 0 Å². The van der Waals surface area contributed by atoms with Gasteiger partial charge in [0, 0.05) is 71.1 Å². The normalized spacial score (nSPS) is 20.5. The molecule has 3 aliphatic rings. The molecule has 9 heteroatoms. The number of anilines is 4. The molecule has 0 atom stereocenters. The number of likely N-dealkylation sites (N-methyl/N-ethyl adjacent to an activating group) is 1. The van der Waals surface area contributed by atoms with Crippen LogP contribution in [-0.2, 0) is 4.74 Å². The topological polar surface area (TPSA) is 51.2 Å². The minimum Gasteiger partial charge on any atom is -0.378 e. The predicted octanol–water partition coefficient (Wildman–Crippen LogP) is 1.84. The second-order valence-electron chi connectivity index (χ2n) is 9.18. The van der Waals surface area contributed by atoms with Gasteiger partial charge in [-0.05, 0) is 26.1 Å². The highest BCUT2D eigenvalue weighted by Gasteiger charge is 2.29. The van der Waals surface area contributed by atoms with E-state index in [9.17, 15) is 0 Å². The quantitative estimate of drug-likeness (QED) is 0.693. The van der Waals surface area contributed by atoms with Crippen LogP contribution in [0, 0.1) is 12.7 Å². The first kappa shape index (κ1) is 22.2. The zero-order valence-corrected chi connectivity index (χ0v) is 19.7. The van der Waals surface area contributed by atoms with Crippen molar-refractivity contribution >= 4 is 23.3 Å². The molecule has 0 bridgehead atoms. The molecule has 8 nitrogen and oxygen atoms in total. The molecule has 0 spiro atoms. The number of rotatable bonds is 4. The standard InChI is InChI=1S/C24H34FN7O/c1-19-3-5-20(6-4-19)29-11-13-30(14-12-29)22-21(25)23(31-15-17-33-18-16-31)27-24(26-22)32-9-7-28(2)8-10-32/h3-6H,7-18H2,1-2H3. The first-order valence-corrected chi connectivity index (χ1v) is 12.0. The lowest BCUT2D eigenvalue weighted by Crippen LogP contribution is -2.48. The summed E-state index contributed by atoms with van der Waals surface area (Å²) in [5.41, 5.74) is 2.48. The van der Waals surface area contributed by atoms with E-state index in [1.807, 2.05) is 4.90 Å². The molecule has 4 heterocycles. The molecule has 0 amide bonds. The summed E-state index contributed by atoms with van der Waals surface area (Å²) in [6, 6.07) is 8.61. The number of piperazine rings is 2. The Kier molecular flexibility index (Phi) is 6.50. The molecular formula is C24H34FN7O. The summed E-state index contributed by atoms with van der Waals surface area (Å²) in [5.74, 6) is 1.18. The third kappa shape index (κ3) is 4.84. The fourth-order valence-corrected chi connectivity index (χ4v) is 4.69. The van der Waals surface area contributed by atoms with Gasteiger partial charge in [0.15, 0.2) is 11.6 Å². The molecule has 0 unspecified atom stereocenters. The molecule has 3 saturated heterocycles. The summed E-state index contributed by atoms with van der Waals surface area (Å²) in [7, 11) is 2.13. The Labute approximate surface area is 195 Å². The second-order valence-corrected chi connectivity index (χ2v) is 9.18. The van der Waals surface area contributed by atoms with Crippen LogP contribution in [-0.4, -0.2) is 101 Å². The van der Waals surface area contributed by atoms with Gasteiger partial charge >= 0.3 is 0 Å². The molecule has 0 aliphatic carbocycles. The summed E-state index contributed by atoms with van der Waals surface area (Å²) in [6.45, 7) is 11.3. The lowest BCUT2D eigenvalue weighted by Gasteiger charge is -2.38. The summed E-state index contributed by atoms with van der Waals surface area (Å²) in [5, 5.41) is 0. The summed E-state index contributed by atoms with van der Waals surface area (Å²) < 4.78 is 21.3. The predicted molar refractivity (Wildman–Crippen MR) is 130 cm³/mol. The molecule has 3 fully saturated rings. The van der Waals surface area contributed by atoms with Crippen molar-refractivity contribution in [3.8, 4) is 0 Å². The molecule has 33 heavy (non-hydrogen) atoms. The molecule has 5 rings (SSSR count). The Morgan fingerprint density at radius 3 is 1.82 bits per heavy atom. The monoisotopic (exact) mass is 455 g/mol. The SMILES string of the molecule is Cc1ccc(N2CCN(c3nc(N4CCN(C)CC4)nc(N4CCOCC4)c3F)CC2)cc1. The zero-order chi connectivity index (χ0) is 22.8. The molecule has 0 saturated carbocycles. The fraction of sp³-hybridized carbons (Fsp3) is 0.583. The highest BCUT2D eigenvalue weighted by Crippen LogP contribution is 2.30. The van der Waals surface area contributed by atoms with Gasteiger partial charge in [-0.3, -0.25) is 0 Å². The van der Waals surface area contributed by atoms with Crippen molar-refractivity contribution < 1.29 is 9.13 Å². The average molecular weight is 456 g/mol. The third-order valence-electron chi connectivity index (χ3n) is 6.88. The van der Waals surface area contributed by atoms with E-state index in [0.29, 0.717) is 43.9 Å². The smallest absolute Gasteiger partial charge is 0.229 e. The van der Waals surface area contributed by atoms with Crippen LogP contribution in [0.1, 0.15) is 5.56 Å². The van der Waals surface area contributed by atoms with E-state index in [1.165, 1.54) is 11.3 Å². The molecule has 1 aromatic heterocycles. The first-order valence-electron chi connectivity index (χ1n) is 12.0. The average Bonchev–Trinajstić information content (AvgIpc) is 2.86. The van der Waals surface area contributed by atoms with Crippen molar-refractivity contribution in [1.82, 2.24) is 14.9 Å². The van der Waals surface area contributed by atoms with Crippen LogP contribution >= 0.6 is 0 Å². The van der Waals surface area contributed by atoms with E-state index in [4.69, 9.17) is 14.7 Å². The van der Waals surface area contributed by atoms with Gasteiger partial charge in [0.25, 0.3) is 0 Å². The number of aryl methyl sites for hydroxylation is 1. The van der Waals surface area contributed by atoms with Crippen molar-refractivity contribution in [3.63, 3.8) is 0 Å². The summed E-state index contributed by atoms with van der Waals surface area (Å²) >= 11 is 0. The van der Waals surface area contributed by atoms with Crippen LogP contribution in [0.2, 0.25) is 0 Å². The van der Waals surface area contributed by atoms with Gasteiger partial charge in [0.1, 0.15) is 0 Å². The van der Waals surface area contributed by atoms with Crippen LogP contribution in [0.3, 0.4) is 0 Å². The van der Waals surface area contributed by atoms with Crippen LogP contribution in [0.5, 0.6) is 0 Å². The Balaban J connectivity index is 1.39. The minimum atomic E-state index is -0.307. The number of hydrogen-bond donors (Lipinski definition) is 0. The highest BCUT2D eigenvalue weighted by atomic mass is 19.1. The van der Waals surface area contributed by atoms with Crippen molar-refractivity contribution in [1.29, 1.82) is 0 Å². The molecule has 0 radical (unpaired) electrons. The third-order valence-corrected chi connectivity index (χ3v) is 6.88. The maximum Gasteiger partial charge on any atom is 0.229 e. The lowest BCUT2D eigenvalue weighted by atomic mass is 10.2. The number of aromatic nitrogens is 2. The van der Waals surface area contributed by atoms with Crippen LogP contribution in [0.15, 0.2) is 24.3 Å².